The van der Waals surface area contributed by atoms with E-state index in [1.165, 1.54) is 13.8 Å². The Morgan fingerprint density at radius 1 is 0.643 bits per heavy atom. The van der Waals surface area contributed by atoms with Gasteiger partial charge in [-0.2, -0.15) is 0 Å². The maximum atomic E-state index is 11.1. The lowest BCUT2D eigenvalue weighted by Gasteiger charge is -2.19. The molecule has 0 atom stereocenters. The molecule has 0 aromatic heterocycles. The summed E-state index contributed by atoms with van der Waals surface area (Å²) in [5.41, 5.74) is 2.96. The van der Waals surface area contributed by atoms with E-state index in [2.05, 4.69) is 0 Å². The van der Waals surface area contributed by atoms with Crippen LogP contribution in [-0.2, 0) is 9.59 Å². The molecular formula is C23H20O5. The number of benzene rings is 3. The Kier molecular flexibility index (Phi) is 5.75. The van der Waals surface area contributed by atoms with Crippen molar-refractivity contribution in [3.8, 4) is 17.2 Å². The van der Waals surface area contributed by atoms with Crippen molar-refractivity contribution in [2.45, 2.75) is 19.8 Å². The largest absolute Gasteiger partial charge is 0.508 e. The third-order valence-electron chi connectivity index (χ3n) is 4.18. The molecule has 0 radical (unpaired) electrons. The Hall–Kier alpha value is -3.60. The number of aromatic hydroxyl groups is 1. The Morgan fingerprint density at radius 3 is 1.29 bits per heavy atom. The van der Waals surface area contributed by atoms with Gasteiger partial charge in [0.1, 0.15) is 17.2 Å². The van der Waals surface area contributed by atoms with Crippen molar-refractivity contribution in [2.24, 2.45) is 0 Å². The zero-order valence-corrected chi connectivity index (χ0v) is 15.6. The number of rotatable bonds is 5. The average Bonchev–Trinajstić information content (AvgIpc) is 2.65. The van der Waals surface area contributed by atoms with Crippen molar-refractivity contribution in [3.05, 3.63) is 89.5 Å². The van der Waals surface area contributed by atoms with E-state index >= 15 is 0 Å². The van der Waals surface area contributed by atoms with Crippen LogP contribution >= 0.6 is 0 Å². The summed E-state index contributed by atoms with van der Waals surface area (Å²) in [6.45, 7) is 2.72. The highest BCUT2D eigenvalue weighted by molar-refractivity contribution is 5.69. The van der Waals surface area contributed by atoms with E-state index in [4.69, 9.17) is 9.47 Å². The van der Waals surface area contributed by atoms with Gasteiger partial charge in [-0.05, 0) is 53.1 Å². The van der Waals surface area contributed by atoms with Crippen LogP contribution in [0.1, 0.15) is 36.5 Å². The zero-order chi connectivity index (χ0) is 20.1. The van der Waals surface area contributed by atoms with Gasteiger partial charge < -0.3 is 14.6 Å². The van der Waals surface area contributed by atoms with E-state index in [1.54, 1.807) is 36.4 Å². The van der Waals surface area contributed by atoms with E-state index in [1.807, 2.05) is 36.4 Å². The molecule has 28 heavy (non-hydrogen) atoms. The first-order valence-electron chi connectivity index (χ1n) is 8.78. The molecule has 0 bridgehead atoms. The summed E-state index contributed by atoms with van der Waals surface area (Å²) in [5.74, 6) is 0.292. The lowest BCUT2D eigenvalue weighted by molar-refractivity contribution is -0.132. The minimum atomic E-state index is -0.371. The molecule has 0 saturated carbocycles. The van der Waals surface area contributed by atoms with Crippen molar-refractivity contribution in [3.63, 3.8) is 0 Å². The van der Waals surface area contributed by atoms with E-state index in [0.29, 0.717) is 11.5 Å². The maximum absolute atomic E-state index is 11.1. The maximum Gasteiger partial charge on any atom is 0.308 e. The van der Waals surface area contributed by atoms with Crippen LogP contribution < -0.4 is 9.47 Å². The molecule has 3 aromatic rings. The van der Waals surface area contributed by atoms with E-state index in [9.17, 15) is 14.7 Å². The summed E-state index contributed by atoms with van der Waals surface area (Å²) < 4.78 is 10.2. The quantitative estimate of drug-likeness (QED) is 0.405. The molecular weight excluding hydrogens is 356 g/mol. The van der Waals surface area contributed by atoms with Crippen molar-refractivity contribution < 1.29 is 24.2 Å². The molecule has 3 aromatic carbocycles. The van der Waals surface area contributed by atoms with Gasteiger partial charge in [0, 0.05) is 19.8 Å². The Morgan fingerprint density at radius 2 is 0.964 bits per heavy atom. The van der Waals surface area contributed by atoms with Crippen LogP contribution in [0.25, 0.3) is 0 Å². The molecule has 5 heteroatoms. The molecule has 0 aliphatic heterocycles. The number of ether oxygens (including phenoxy) is 2. The summed E-state index contributed by atoms with van der Waals surface area (Å²) in [7, 11) is 0. The number of carbonyl (C=O) groups excluding carboxylic acids is 2. The van der Waals surface area contributed by atoms with Crippen LogP contribution in [0.2, 0.25) is 0 Å². The first kappa shape index (κ1) is 19.2. The second kappa shape index (κ2) is 8.39. The lowest BCUT2D eigenvalue weighted by Crippen LogP contribution is -2.05. The van der Waals surface area contributed by atoms with Crippen molar-refractivity contribution in [1.29, 1.82) is 0 Å². The standard InChI is InChI=1S/C23H20O5/c1-15(24)27-21-11-5-18(6-12-21)23(17-3-9-20(26)10-4-17)19-7-13-22(14-8-19)28-16(2)25/h3-14,23,26H,1-2H3. The van der Waals surface area contributed by atoms with Gasteiger partial charge in [0.05, 0.1) is 0 Å². The molecule has 0 aliphatic carbocycles. The minimum Gasteiger partial charge on any atom is -0.508 e. The highest BCUT2D eigenvalue weighted by Gasteiger charge is 2.17. The molecule has 0 saturated heterocycles. The number of hydrogen-bond acceptors (Lipinski definition) is 5. The van der Waals surface area contributed by atoms with Crippen LogP contribution in [0.4, 0.5) is 0 Å². The van der Waals surface area contributed by atoms with Crippen LogP contribution in [0.3, 0.4) is 0 Å². The smallest absolute Gasteiger partial charge is 0.308 e. The first-order valence-corrected chi connectivity index (χ1v) is 8.78. The molecule has 0 unspecified atom stereocenters. The number of phenolic OH excluding ortho intramolecular Hbond substituents is 1. The van der Waals surface area contributed by atoms with E-state index < -0.39 is 0 Å². The van der Waals surface area contributed by atoms with Gasteiger partial charge in [-0.3, -0.25) is 9.59 Å². The van der Waals surface area contributed by atoms with Crippen molar-refractivity contribution in [1.82, 2.24) is 0 Å². The third-order valence-corrected chi connectivity index (χ3v) is 4.18. The molecule has 142 valence electrons. The van der Waals surface area contributed by atoms with E-state index in [0.717, 1.165) is 16.7 Å². The fraction of sp³-hybridized carbons (Fsp3) is 0.130. The Bertz CT molecular complexity index is 898. The van der Waals surface area contributed by atoms with Gasteiger partial charge in [0.25, 0.3) is 0 Å². The summed E-state index contributed by atoms with van der Waals surface area (Å²) in [5, 5.41) is 9.62. The molecule has 0 fully saturated rings. The van der Waals surface area contributed by atoms with Gasteiger partial charge in [-0.25, -0.2) is 0 Å². The van der Waals surface area contributed by atoms with Crippen LogP contribution in [0.15, 0.2) is 72.8 Å². The first-order chi connectivity index (χ1) is 13.4. The lowest BCUT2D eigenvalue weighted by atomic mass is 9.85. The Labute approximate surface area is 163 Å². The van der Waals surface area contributed by atoms with Crippen LogP contribution in [0.5, 0.6) is 17.2 Å². The predicted molar refractivity (Wildman–Crippen MR) is 105 cm³/mol. The summed E-state index contributed by atoms with van der Waals surface area (Å²) in [6, 6.07) is 21.6. The second-order valence-electron chi connectivity index (χ2n) is 6.35. The second-order valence-corrected chi connectivity index (χ2v) is 6.35. The summed E-state index contributed by atoms with van der Waals surface area (Å²) in [4.78, 5) is 22.3. The molecule has 0 heterocycles. The number of hydrogen-bond donors (Lipinski definition) is 1. The minimum absolute atomic E-state index is 0.113. The van der Waals surface area contributed by atoms with Crippen molar-refractivity contribution in [2.75, 3.05) is 0 Å². The molecule has 3 rings (SSSR count). The zero-order valence-electron chi connectivity index (χ0n) is 15.6. The van der Waals surface area contributed by atoms with Crippen LogP contribution in [-0.4, -0.2) is 17.0 Å². The molecule has 0 aliphatic rings. The number of esters is 2. The molecule has 1 N–H and O–H groups in total. The fourth-order valence-electron chi connectivity index (χ4n) is 3.03. The number of carbonyl (C=O) groups is 2. The van der Waals surface area contributed by atoms with Gasteiger partial charge >= 0.3 is 11.9 Å². The predicted octanol–water partition coefficient (Wildman–Crippen LogP) is 4.42. The fourth-order valence-corrected chi connectivity index (χ4v) is 3.03. The molecule has 0 spiro atoms. The molecule has 0 amide bonds. The Balaban J connectivity index is 1.99. The molecule has 5 nitrogen and oxygen atoms in total. The number of phenols is 1. The van der Waals surface area contributed by atoms with Gasteiger partial charge in [-0.15, -0.1) is 0 Å². The van der Waals surface area contributed by atoms with Crippen molar-refractivity contribution >= 4 is 11.9 Å². The summed E-state index contributed by atoms with van der Waals surface area (Å²) in [6.07, 6.45) is 0. The average molecular weight is 376 g/mol. The topological polar surface area (TPSA) is 72.8 Å². The van der Waals surface area contributed by atoms with Gasteiger partial charge in [-0.1, -0.05) is 36.4 Å². The normalized spacial score (nSPS) is 10.5. The third kappa shape index (κ3) is 4.76. The highest BCUT2D eigenvalue weighted by Crippen LogP contribution is 2.34. The summed E-state index contributed by atoms with van der Waals surface area (Å²) >= 11 is 0. The SMILES string of the molecule is CC(=O)Oc1ccc(C(c2ccc(O)cc2)c2ccc(OC(C)=O)cc2)cc1. The van der Waals surface area contributed by atoms with E-state index in [-0.39, 0.29) is 23.6 Å². The highest BCUT2D eigenvalue weighted by atomic mass is 16.5. The van der Waals surface area contributed by atoms with Gasteiger partial charge in [0.15, 0.2) is 0 Å². The van der Waals surface area contributed by atoms with Crippen LogP contribution in [0, 0.1) is 0 Å². The monoisotopic (exact) mass is 376 g/mol. The van der Waals surface area contributed by atoms with Gasteiger partial charge in [0.2, 0.25) is 0 Å².